The van der Waals surface area contributed by atoms with Crippen molar-refractivity contribution in [3.8, 4) is 0 Å². The SMILES string of the molecule is CC12CCCCC1C2C(=O)NN=Cc1ccccc1Cl. The number of carbonyl (C=O) groups is 1. The predicted octanol–water partition coefficient (Wildman–Crippen LogP) is 3.62. The molecule has 0 aromatic heterocycles. The molecule has 0 radical (unpaired) electrons. The summed E-state index contributed by atoms with van der Waals surface area (Å²) in [6, 6.07) is 7.44. The van der Waals surface area contributed by atoms with Crippen molar-refractivity contribution in [2.75, 3.05) is 0 Å². The van der Waals surface area contributed by atoms with E-state index in [2.05, 4.69) is 17.5 Å². The number of nitrogens with one attached hydrogen (secondary N) is 1. The van der Waals surface area contributed by atoms with E-state index in [0.717, 1.165) is 5.56 Å². The number of fused-ring (bicyclic) bond motifs is 1. The van der Waals surface area contributed by atoms with Gasteiger partial charge in [-0.25, -0.2) is 5.43 Å². The highest BCUT2D eigenvalue weighted by atomic mass is 35.5. The number of nitrogens with zero attached hydrogens (tertiary/aromatic N) is 1. The number of carbonyl (C=O) groups excluding carboxylic acids is 1. The lowest BCUT2D eigenvalue weighted by Gasteiger charge is -2.15. The van der Waals surface area contributed by atoms with Crippen molar-refractivity contribution in [1.82, 2.24) is 5.43 Å². The smallest absolute Gasteiger partial charge is 0.244 e. The molecule has 3 nitrogen and oxygen atoms in total. The monoisotopic (exact) mass is 290 g/mol. The van der Waals surface area contributed by atoms with Crippen molar-refractivity contribution in [3.63, 3.8) is 0 Å². The minimum atomic E-state index is 0.0581. The van der Waals surface area contributed by atoms with Crippen molar-refractivity contribution in [3.05, 3.63) is 34.9 Å². The van der Waals surface area contributed by atoms with Gasteiger partial charge in [0.1, 0.15) is 0 Å². The number of hydrogen-bond donors (Lipinski definition) is 1. The molecule has 0 saturated heterocycles. The van der Waals surface area contributed by atoms with Crippen LogP contribution in [0.15, 0.2) is 29.4 Å². The van der Waals surface area contributed by atoms with Gasteiger partial charge in [0.15, 0.2) is 0 Å². The van der Waals surface area contributed by atoms with Crippen LogP contribution in [0, 0.1) is 17.3 Å². The molecule has 2 saturated carbocycles. The second kappa shape index (κ2) is 5.21. The third-order valence-electron chi connectivity index (χ3n) is 4.90. The largest absolute Gasteiger partial charge is 0.273 e. The quantitative estimate of drug-likeness (QED) is 0.670. The molecule has 2 fully saturated rings. The number of rotatable bonds is 3. The highest BCUT2D eigenvalue weighted by Crippen LogP contribution is 2.66. The molecule has 3 rings (SSSR count). The molecule has 1 aromatic rings. The molecule has 0 spiro atoms. The van der Waals surface area contributed by atoms with Crippen molar-refractivity contribution in [2.24, 2.45) is 22.4 Å². The number of hydrogen-bond acceptors (Lipinski definition) is 2. The van der Waals surface area contributed by atoms with E-state index in [9.17, 15) is 4.79 Å². The van der Waals surface area contributed by atoms with Crippen molar-refractivity contribution in [1.29, 1.82) is 0 Å². The van der Waals surface area contributed by atoms with Gasteiger partial charge in [0.2, 0.25) is 5.91 Å². The maximum absolute atomic E-state index is 12.2. The first kappa shape index (κ1) is 13.6. The Balaban J connectivity index is 1.60. The summed E-state index contributed by atoms with van der Waals surface area (Å²) in [7, 11) is 0. The maximum Gasteiger partial charge on any atom is 0.244 e. The normalized spacial score (nSPS) is 31.9. The summed E-state index contributed by atoms with van der Waals surface area (Å²) in [5.41, 5.74) is 3.71. The van der Waals surface area contributed by atoms with Crippen LogP contribution >= 0.6 is 11.6 Å². The van der Waals surface area contributed by atoms with E-state index in [4.69, 9.17) is 11.6 Å². The lowest BCUT2D eigenvalue weighted by atomic mass is 9.90. The van der Waals surface area contributed by atoms with Crippen LogP contribution in [-0.2, 0) is 4.79 Å². The van der Waals surface area contributed by atoms with Gasteiger partial charge in [-0.2, -0.15) is 5.10 Å². The highest BCUT2D eigenvalue weighted by molar-refractivity contribution is 6.33. The van der Waals surface area contributed by atoms with E-state index < -0.39 is 0 Å². The van der Waals surface area contributed by atoms with Crippen LogP contribution in [0.1, 0.15) is 38.2 Å². The molecule has 3 unspecified atom stereocenters. The van der Waals surface area contributed by atoms with E-state index >= 15 is 0 Å². The molecule has 1 N–H and O–H groups in total. The van der Waals surface area contributed by atoms with Crippen LogP contribution in [0.3, 0.4) is 0 Å². The van der Waals surface area contributed by atoms with Crippen LogP contribution in [0.4, 0.5) is 0 Å². The molecular weight excluding hydrogens is 272 g/mol. The molecule has 0 heterocycles. The second-order valence-corrected chi connectivity index (χ2v) is 6.50. The molecule has 2 aliphatic rings. The number of hydrazone groups is 1. The molecular formula is C16H19ClN2O. The average molecular weight is 291 g/mol. The predicted molar refractivity (Wildman–Crippen MR) is 80.7 cm³/mol. The molecule has 1 amide bonds. The fourth-order valence-electron chi connectivity index (χ4n) is 3.67. The van der Waals surface area contributed by atoms with Gasteiger partial charge in [0.05, 0.1) is 6.21 Å². The molecule has 0 bridgehead atoms. The molecule has 0 aliphatic heterocycles. The van der Waals surface area contributed by atoms with E-state index in [0.29, 0.717) is 10.9 Å². The molecule has 2 aliphatic carbocycles. The highest BCUT2D eigenvalue weighted by Gasteiger charge is 2.64. The summed E-state index contributed by atoms with van der Waals surface area (Å²) in [5.74, 6) is 0.767. The Kier molecular flexibility index (Phi) is 3.55. The van der Waals surface area contributed by atoms with Crippen LogP contribution in [0.2, 0.25) is 5.02 Å². The summed E-state index contributed by atoms with van der Waals surface area (Å²) < 4.78 is 0. The number of halogens is 1. The van der Waals surface area contributed by atoms with Crippen LogP contribution in [0.25, 0.3) is 0 Å². The number of amides is 1. The van der Waals surface area contributed by atoms with Crippen molar-refractivity contribution >= 4 is 23.7 Å². The summed E-state index contributed by atoms with van der Waals surface area (Å²) in [6.07, 6.45) is 6.47. The zero-order valence-electron chi connectivity index (χ0n) is 11.6. The van der Waals surface area contributed by atoms with Gasteiger partial charge in [-0.3, -0.25) is 4.79 Å². The Morgan fingerprint density at radius 1 is 1.45 bits per heavy atom. The fourth-order valence-corrected chi connectivity index (χ4v) is 3.85. The maximum atomic E-state index is 12.2. The number of benzene rings is 1. The molecule has 1 aromatic carbocycles. The lowest BCUT2D eigenvalue weighted by molar-refractivity contribution is -0.123. The molecule has 20 heavy (non-hydrogen) atoms. The van der Waals surface area contributed by atoms with Crippen LogP contribution in [0.5, 0.6) is 0 Å². The summed E-state index contributed by atoms with van der Waals surface area (Å²) in [4.78, 5) is 12.2. The Hall–Kier alpha value is -1.35. The minimum absolute atomic E-state index is 0.0581. The molecule has 4 heteroatoms. The van der Waals surface area contributed by atoms with Gasteiger partial charge >= 0.3 is 0 Å². The first-order chi connectivity index (χ1) is 9.63. The Morgan fingerprint density at radius 3 is 2.95 bits per heavy atom. The van der Waals surface area contributed by atoms with E-state index in [1.807, 2.05) is 18.2 Å². The molecule has 3 atom stereocenters. The first-order valence-electron chi connectivity index (χ1n) is 7.20. The Morgan fingerprint density at radius 2 is 2.25 bits per heavy atom. The zero-order chi connectivity index (χ0) is 14.2. The standard InChI is InChI=1S/C16H19ClN2O/c1-16-9-5-4-7-12(16)14(16)15(20)19-18-10-11-6-2-3-8-13(11)17/h2-3,6,8,10,12,14H,4-5,7,9H2,1H3,(H,19,20). The summed E-state index contributed by atoms with van der Waals surface area (Å²) in [6.45, 7) is 2.23. The van der Waals surface area contributed by atoms with Crippen LogP contribution in [-0.4, -0.2) is 12.1 Å². The van der Waals surface area contributed by atoms with Crippen molar-refractivity contribution < 1.29 is 4.79 Å². The second-order valence-electron chi connectivity index (χ2n) is 6.09. The third-order valence-corrected chi connectivity index (χ3v) is 5.24. The van der Waals surface area contributed by atoms with E-state index in [1.165, 1.54) is 25.7 Å². The van der Waals surface area contributed by atoms with E-state index in [1.54, 1.807) is 12.3 Å². The van der Waals surface area contributed by atoms with Gasteiger partial charge in [-0.1, -0.05) is 49.6 Å². The molecule has 106 valence electrons. The topological polar surface area (TPSA) is 41.5 Å². The lowest BCUT2D eigenvalue weighted by Crippen LogP contribution is -2.22. The van der Waals surface area contributed by atoms with Gasteiger partial charge in [-0.15, -0.1) is 0 Å². The fraction of sp³-hybridized carbons (Fsp3) is 0.500. The van der Waals surface area contributed by atoms with Gasteiger partial charge < -0.3 is 0 Å². The Labute approximate surface area is 124 Å². The van der Waals surface area contributed by atoms with Gasteiger partial charge in [0.25, 0.3) is 0 Å². The minimum Gasteiger partial charge on any atom is -0.273 e. The first-order valence-corrected chi connectivity index (χ1v) is 7.58. The summed E-state index contributed by atoms with van der Waals surface area (Å²) >= 11 is 6.03. The van der Waals surface area contributed by atoms with Crippen molar-refractivity contribution in [2.45, 2.75) is 32.6 Å². The average Bonchev–Trinajstić information content (AvgIpc) is 3.06. The van der Waals surface area contributed by atoms with Gasteiger partial charge in [0, 0.05) is 16.5 Å². The van der Waals surface area contributed by atoms with E-state index in [-0.39, 0.29) is 17.2 Å². The van der Waals surface area contributed by atoms with Crippen LogP contribution < -0.4 is 5.43 Å². The third kappa shape index (κ3) is 2.35. The zero-order valence-corrected chi connectivity index (χ0v) is 12.4. The Bertz CT molecular complexity index is 557. The summed E-state index contributed by atoms with van der Waals surface area (Å²) in [5, 5.41) is 4.68. The van der Waals surface area contributed by atoms with Gasteiger partial charge in [-0.05, 0) is 30.2 Å².